The predicted octanol–water partition coefficient (Wildman–Crippen LogP) is 5.58. The van der Waals surface area contributed by atoms with Crippen molar-refractivity contribution in [1.29, 1.82) is 0 Å². The molecule has 136 valence electrons. The molecule has 0 amide bonds. The Bertz CT molecular complexity index is 953. The summed E-state index contributed by atoms with van der Waals surface area (Å²) >= 11 is 0. The summed E-state index contributed by atoms with van der Waals surface area (Å²) < 4.78 is 0. The van der Waals surface area contributed by atoms with Gasteiger partial charge in [-0.05, 0) is 59.3 Å². The molecule has 4 rings (SSSR count). The van der Waals surface area contributed by atoms with Crippen LogP contribution in [0.15, 0.2) is 120 Å². The van der Waals surface area contributed by atoms with Crippen molar-refractivity contribution in [3.05, 3.63) is 126 Å². The summed E-state index contributed by atoms with van der Waals surface area (Å²) in [6.07, 6.45) is 0.842. The van der Waals surface area contributed by atoms with Crippen LogP contribution in [0.1, 0.15) is 5.56 Å². The van der Waals surface area contributed by atoms with Crippen molar-refractivity contribution in [1.82, 2.24) is 0 Å². The monoisotopic (exact) mass is 382 g/mol. The highest BCUT2D eigenvalue weighted by atomic mass is 31.2. The van der Waals surface area contributed by atoms with Gasteiger partial charge in [0.15, 0.2) is 0 Å². The quantitative estimate of drug-likeness (QED) is 0.316. The van der Waals surface area contributed by atoms with E-state index in [9.17, 15) is 4.91 Å². The van der Waals surface area contributed by atoms with E-state index in [0.29, 0.717) is 5.69 Å². The number of hydrogen-bond donors (Lipinski definition) is 0. The van der Waals surface area contributed by atoms with Crippen molar-refractivity contribution in [3.8, 4) is 0 Å². The van der Waals surface area contributed by atoms with Crippen LogP contribution >= 0.6 is 7.26 Å². The smallest absolute Gasteiger partial charge is 0.116 e. The molecule has 0 N–H and O–H groups in total. The van der Waals surface area contributed by atoms with Gasteiger partial charge in [-0.1, -0.05) is 66.7 Å². The molecule has 0 unspecified atom stereocenters. The zero-order valence-corrected chi connectivity index (χ0v) is 16.4. The van der Waals surface area contributed by atoms with Gasteiger partial charge in [0, 0.05) is 0 Å². The molecule has 0 aliphatic heterocycles. The molecule has 4 aromatic carbocycles. The van der Waals surface area contributed by atoms with Gasteiger partial charge in [0.2, 0.25) is 0 Å². The first-order valence-corrected chi connectivity index (χ1v) is 11.3. The third-order valence-electron chi connectivity index (χ3n) is 5.03. The number of rotatable bonds is 6. The third-order valence-corrected chi connectivity index (χ3v) is 9.41. The molecule has 0 aliphatic rings. The molecule has 0 saturated carbocycles. The lowest BCUT2D eigenvalue weighted by Crippen LogP contribution is -2.32. The van der Waals surface area contributed by atoms with E-state index in [1.807, 2.05) is 12.1 Å². The molecular weight excluding hydrogens is 361 g/mol. The van der Waals surface area contributed by atoms with Crippen LogP contribution < -0.4 is 15.9 Å². The average Bonchev–Trinajstić information content (AvgIpc) is 2.79. The fourth-order valence-electron chi connectivity index (χ4n) is 3.75. The molecule has 0 radical (unpaired) electrons. The largest absolute Gasteiger partial charge is 0.145 e. The molecular formula is C25H21NOP+. The van der Waals surface area contributed by atoms with E-state index in [0.717, 1.165) is 11.7 Å². The lowest BCUT2D eigenvalue weighted by Gasteiger charge is -2.27. The van der Waals surface area contributed by atoms with Crippen molar-refractivity contribution in [2.75, 3.05) is 0 Å². The highest BCUT2D eigenvalue weighted by molar-refractivity contribution is 7.95. The maximum absolute atomic E-state index is 11.1. The van der Waals surface area contributed by atoms with E-state index in [2.05, 4.69) is 102 Å². The molecule has 0 atom stereocenters. The molecule has 0 spiro atoms. The number of hydrogen-bond acceptors (Lipinski definition) is 2. The molecule has 3 heteroatoms. The number of benzene rings is 4. The van der Waals surface area contributed by atoms with Crippen molar-refractivity contribution in [3.63, 3.8) is 0 Å². The van der Waals surface area contributed by atoms with Gasteiger partial charge in [-0.3, -0.25) is 0 Å². The molecule has 0 heterocycles. The van der Waals surface area contributed by atoms with E-state index in [1.54, 1.807) is 6.07 Å². The van der Waals surface area contributed by atoms with Gasteiger partial charge >= 0.3 is 0 Å². The van der Waals surface area contributed by atoms with E-state index in [-0.39, 0.29) is 0 Å². The summed E-state index contributed by atoms with van der Waals surface area (Å²) in [6, 6.07) is 39.9. The zero-order valence-electron chi connectivity index (χ0n) is 15.5. The van der Waals surface area contributed by atoms with E-state index in [1.165, 1.54) is 15.9 Å². The Morgan fingerprint density at radius 1 is 0.571 bits per heavy atom. The Morgan fingerprint density at radius 3 is 1.46 bits per heavy atom. The van der Waals surface area contributed by atoms with Crippen LogP contribution in [0.5, 0.6) is 0 Å². The van der Waals surface area contributed by atoms with Crippen LogP contribution in [0.3, 0.4) is 0 Å². The molecule has 0 aromatic heterocycles. The maximum atomic E-state index is 11.1. The Kier molecular flexibility index (Phi) is 5.41. The second-order valence-corrected chi connectivity index (χ2v) is 10.2. The molecule has 0 saturated heterocycles. The average molecular weight is 382 g/mol. The summed E-state index contributed by atoms with van der Waals surface area (Å²) in [6.45, 7) is 0. The van der Waals surface area contributed by atoms with Crippen molar-refractivity contribution in [2.24, 2.45) is 5.18 Å². The first-order chi connectivity index (χ1) is 13.8. The predicted molar refractivity (Wildman–Crippen MR) is 121 cm³/mol. The Balaban J connectivity index is 1.99. The standard InChI is InChI=1S/C25H21NOP/c27-26-22-12-10-11-21(19-22)20-28(23-13-4-1-5-14-23,24-15-6-2-7-16-24)25-17-8-3-9-18-25/h1-19H,20H2/q+1. The van der Waals surface area contributed by atoms with Crippen LogP contribution in [0.4, 0.5) is 5.69 Å². The van der Waals surface area contributed by atoms with E-state index in [4.69, 9.17) is 0 Å². The van der Waals surface area contributed by atoms with Crippen molar-refractivity contribution < 1.29 is 0 Å². The Labute approximate surface area is 166 Å². The highest BCUT2D eigenvalue weighted by Gasteiger charge is 2.45. The minimum absolute atomic E-state index is 0.477. The van der Waals surface area contributed by atoms with E-state index < -0.39 is 7.26 Å². The van der Waals surface area contributed by atoms with Gasteiger partial charge in [0.1, 0.15) is 28.9 Å². The van der Waals surface area contributed by atoms with Crippen molar-refractivity contribution >= 4 is 28.9 Å². The summed E-state index contributed by atoms with van der Waals surface area (Å²) in [7, 11) is -1.95. The van der Waals surface area contributed by atoms with Gasteiger partial charge in [0.05, 0.1) is 6.16 Å². The van der Waals surface area contributed by atoms with Gasteiger partial charge in [-0.25, -0.2) is 0 Å². The molecule has 4 aromatic rings. The van der Waals surface area contributed by atoms with Crippen molar-refractivity contribution in [2.45, 2.75) is 6.16 Å². The number of nitroso groups, excluding NO2 is 1. The van der Waals surface area contributed by atoms with E-state index >= 15 is 0 Å². The second kappa shape index (κ2) is 8.29. The van der Waals surface area contributed by atoms with Gasteiger partial charge in [-0.15, -0.1) is 4.91 Å². The summed E-state index contributed by atoms with van der Waals surface area (Å²) in [4.78, 5) is 11.1. The third kappa shape index (κ3) is 3.52. The topological polar surface area (TPSA) is 29.4 Å². The molecule has 0 bridgehead atoms. The lowest BCUT2D eigenvalue weighted by molar-refractivity contribution is 1.36. The zero-order chi connectivity index (χ0) is 19.2. The first-order valence-electron chi connectivity index (χ1n) is 9.30. The Hall–Kier alpha value is -3.09. The van der Waals surface area contributed by atoms with Crippen LogP contribution in [0.2, 0.25) is 0 Å². The normalized spacial score (nSPS) is 11.1. The first kappa shape index (κ1) is 18.3. The molecule has 0 aliphatic carbocycles. The Morgan fingerprint density at radius 2 is 1.04 bits per heavy atom. The fourth-order valence-corrected chi connectivity index (χ4v) is 7.98. The molecule has 28 heavy (non-hydrogen) atoms. The second-order valence-electron chi connectivity index (χ2n) is 6.74. The van der Waals surface area contributed by atoms with Crippen LogP contribution in [0, 0.1) is 4.91 Å². The molecule has 0 fully saturated rings. The fraction of sp³-hybridized carbons (Fsp3) is 0.0400. The van der Waals surface area contributed by atoms with Gasteiger partial charge < -0.3 is 0 Å². The SMILES string of the molecule is O=Nc1cccc(C[P+](c2ccccc2)(c2ccccc2)c2ccccc2)c1. The lowest BCUT2D eigenvalue weighted by atomic mass is 10.2. The summed E-state index contributed by atoms with van der Waals surface area (Å²) in [5.41, 5.74) is 1.60. The maximum Gasteiger partial charge on any atom is 0.116 e. The van der Waals surface area contributed by atoms with Crippen LogP contribution in [-0.4, -0.2) is 0 Å². The van der Waals surface area contributed by atoms with Gasteiger partial charge in [-0.2, -0.15) is 0 Å². The van der Waals surface area contributed by atoms with Gasteiger partial charge in [0.25, 0.3) is 0 Å². The summed E-state index contributed by atoms with van der Waals surface area (Å²) in [5, 5.41) is 7.13. The minimum atomic E-state index is -1.95. The summed E-state index contributed by atoms with van der Waals surface area (Å²) in [5.74, 6) is 0. The molecule has 2 nitrogen and oxygen atoms in total. The number of nitrogens with zero attached hydrogens (tertiary/aromatic N) is 1. The van der Waals surface area contributed by atoms with Crippen LogP contribution in [0.25, 0.3) is 0 Å². The van der Waals surface area contributed by atoms with Crippen LogP contribution in [-0.2, 0) is 6.16 Å². The minimum Gasteiger partial charge on any atom is -0.145 e. The highest BCUT2D eigenvalue weighted by Crippen LogP contribution is 2.58.